The lowest BCUT2D eigenvalue weighted by molar-refractivity contribution is -0.132. The molecule has 1 fully saturated rings. The van der Waals surface area contributed by atoms with Crippen LogP contribution < -0.4 is 14.4 Å². The third kappa shape index (κ3) is 5.23. The first-order valence-corrected chi connectivity index (χ1v) is 13.7. The molecule has 3 heterocycles. The second kappa shape index (κ2) is 11.3. The van der Waals surface area contributed by atoms with Crippen LogP contribution in [0.15, 0.2) is 76.9 Å². The molecule has 0 bridgehead atoms. The number of nitrogens with zero attached hydrogens (tertiary/aromatic N) is 4. The summed E-state index contributed by atoms with van der Waals surface area (Å²) in [4.78, 5) is 32.1. The number of aliphatic hydroxyl groups excluding tert-OH is 1. The van der Waals surface area contributed by atoms with Crippen LogP contribution in [0.25, 0.3) is 5.76 Å². The predicted molar refractivity (Wildman–Crippen MR) is 149 cm³/mol. The van der Waals surface area contributed by atoms with Gasteiger partial charge in [-0.3, -0.25) is 19.5 Å². The Kier molecular flexibility index (Phi) is 7.62. The van der Waals surface area contributed by atoms with Gasteiger partial charge in [-0.15, -0.1) is 10.2 Å². The number of aromatic nitrogens is 3. The summed E-state index contributed by atoms with van der Waals surface area (Å²) in [6.07, 6.45) is 3.00. The third-order valence-electron chi connectivity index (χ3n) is 6.21. The van der Waals surface area contributed by atoms with E-state index < -0.39 is 17.7 Å². The topological polar surface area (TPSA) is 115 Å². The van der Waals surface area contributed by atoms with Crippen LogP contribution in [-0.4, -0.2) is 46.2 Å². The van der Waals surface area contributed by atoms with Crippen molar-refractivity contribution < 1.29 is 24.2 Å². The summed E-state index contributed by atoms with van der Waals surface area (Å²) in [5.74, 6) is -0.370. The molecule has 0 saturated carbocycles. The highest BCUT2D eigenvalue weighted by atomic mass is 32.2. The summed E-state index contributed by atoms with van der Waals surface area (Å²) >= 11 is 2.70. The minimum atomic E-state index is -0.971. The molecule has 198 valence electrons. The van der Waals surface area contributed by atoms with Crippen LogP contribution in [0, 0.1) is 6.92 Å². The molecule has 39 heavy (non-hydrogen) atoms. The van der Waals surface area contributed by atoms with Gasteiger partial charge in [0, 0.05) is 23.7 Å². The number of hydrogen-bond acceptors (Lipinski definition) is 10. The quantitative estimate of drug-likeness (QED) is 0.102. The van der Waals surface area contributed by atoms with Crippen molar-refractivity contribution in [3.8, 4) is 11.5 Å². The Bertz CT molecular complexity index is 1550. The Morgan fingerprint density at radius 2 is 1.72 bits per heavy atom. The lowest BCUT2D eigenvalue weighted by atomic mass is 9.95. The zero-order chi connectivity index (χ0) is 27.5. The van der Waals surface area contributed by atoms with Crippen molar-refractivity contribution in [3.63, 3.8) is 0 Å². The summed E-state index contributed by atoms with van der Waals surface area (Å²) in [6.45, 7) is 2.03. The number of Topliss-reactive ketones (excluding diaryl/α,β-unsaturated/α-hetero) is 1. The van der Waals surface area contributed by atoms with Crippen LogP contribution in [0.5, 0.6) is 11.5 Å². The van der Waals surface area contributed by atoms with Crippen LogP contribution >= 0.6 is 23.1 Å². The van der Waals surface area contributed by atoms with Crippen LogP contribution in [0.2, 0.25) is 0 Å². The summed E-state index contributed by atoms with van der Waals surface area (Å²) in [7, 11) is 3.02. The molecule has 1 atom stereocenters. The van der Waals surface area contributed by atoms with Gasteiger partial charge < -0.3 is 14.6 Å². The Hall–Kier alpha value is -4.22. The van der Waals surface area contributed by atoms with E-state index in [1.165, 1.54) is 60.2 Å². The third-order valence-corrected chi connectivity index (χ3v) is 8.33. The first-order chi connectivity index (χ1) is 18.9. The molecule has 9 nitrogen and oxygen atoms in total. The normalized spacial score (nSPS) is 16.5. The molecule has 1 aliphatic rings. The van der Waals surface area contributed by atoms with Gasteiger partial charge in [-0.1, -0.05) is 59.0 Å². The molecule has 11 heteroatoms. The monoisotopic (exact) mass is 560 g/mol. The van der Waals surface area contributed by atoms with Crippen molar-refractivity contribution in [2.75, 3.05) is 19.1 Å². The molecule has 2 aromatic carbocycles. The lowest BCUT2D eigenvalue weighted by Gasteiger charge is -2.23. The Morgan fingerprint density at radius 3 is 2.41 bits per heavy atom. The van der Waals surface area contributed by atoms with E-state index in [-0.39, 0.29) is 16.5 Å². The van der Waals surface area contributed by atoms with E-state index in [0.29, 0.717) is 32.7 Å². The van der Waals surface area contributed by atoms with Crippen molar-refractivity contribution in [1.82, 2.24) is 15.2 Å². The van der Waals surface area contributed by atoms with Gasteiger partial charge in [0.25, 0.3) is 5.78 Å². The highest BCUT2D eigenvalue weighted by Gasteiger charge is 2.48. The Morgan fingerprint density at radius 1 is 1.00 bits per heavy atom. The first-order valence-electron chi connectivity index (χ1n) is 11.9. The Balaban J connectivity index is 1.56. The number of anilines is 1. The van der Waals surface area contributed by atoms with Gasteiger partial charge in [0.15, 0.2) is 15.8 Å². The smallest absolute Gasteiger partial charge is 0.301 e. The average molecular weight is 561 g/mol. The van der Waals surface area contributed by atoms with Gasteiger partial charge in [-0.2, -0.15) is 0 Å². The molecule has 1 aliphatic heterocycles. The molecule has 0 aliphatic carbocycles. The van der Waals surface area contributed by atoms with Crippen LogP contribution in [0.3, 0.4) is 0 Å². The fourth-order valence-corrected chi connectivity index (χ4v) is 6.04. The highest BCUT2D eigenvalue weighted by molar-refractivity contribution is 8.00. The maximum absolute atomic E-state index is 13.4. The van der Waals surface area contributed by atoms with Crippen molar-refractivity contribution in [1.29, 1.82) is 0 Å². The predicted octanol–water partition coefficient (Wildman–Crippen LogP) is 5.18. The number of pyridine rings is 1. The van der Waals surface area contributed by atoms with Crippen LogP contribution in [0.4, 0.5) is 5.13 Å². The molecule has 4 aromatic rings. The molecule has 0 radical (unpaired) electrons. The second-order valence-corrected chi connectivity index (χ2v) is 10.8. The number of methoxy groups -OCH3 is 2. The van der Waals surface area contributed by atoms with Crippen molar-refractivity contribution in [2.24, 2.45) is 0 Å². The number of benzene rings is 2. The van der Waals surface area contributed by atoms with Gasteiger partial charge in [0.2, 0.25) is 5.13 Å². The van der Waals surface area contributed by atoms with Crippen molar-refractivity contribution in [3.05, 3.63) is 94.8 Å². The fraction of sp³-hybridized carbons (Fsp3) is 0.179. The molecular formula is C28H24N4O5S2. The molecule has 2 aromatic heterocycles. The number of thioether (sulfide) groups is 1. The van der Waals surface area contributed by atoms with Crippen molar-refractivity contribution in [2.45, 2.75) is 23.1 Å². The number of amides is 1. The van der Waals surface area contributed by atoms with Gasteiger partial charge >= 0.3 is 5.91 Å². The van der Waals surface area contributed by atoms with Crippen LogP contribution in [0.1, 0.15) is 28.3 Å². The number of aliphatic hydroxyl groups is 1. The molecular weight excluding hydrogens is 536 g/mol. The van der Waals surface area contributed by atoms with Crippen LogP contribution in [-0.2, 0) is 15.3 Å². The van der Waals surface area contributed by atoms with E-state index in [4.69, 9.17) is 9.47 Å². The Labute approximate surface area is 233 Å². The largest absolute Gasteiger partial charge is 0.507 e. The molecule has 1 amide bonds. The van der Waals surface area contributed by atoms with E-state index in [9.17, 15) is 14.7 Å². The number of ketones is 1. The summed E-state index contributed by atoms with van der Waals surface area (Å²) in [6, 6.07) is 15.5. The fourth-order valence-electron chi connectivity index (χ4n) is 4.22. The molecule has 1 N–H and O–H groups in total. The maximum atomic E-state index is 13.4. The second-order valence-electron chi connectivity index (χ2n) is 8.64. The minimum absolute atomic E-state index is 0.0671. The molecule has 0 spiro atoms. The molecule has 1 saturated heterocycles. The average Bonchev–Trinajstić information content (AvgIpc) is 3.54. The molecule has 1 unspecified atom stereocenters. The number of carbonyl (C=O) groups is 2. The number of aryl methyl sites for hydroxylation is 1. The number of ether oxygens (including phenoxy) is 2. The minimum Gasteiger partial charge on any atom is -0.507 e. The summed E-state index contributed by atoms with van der Waals surface area (Å²) in [5, 5.41) is 20.0. The SMILES string of the molecule is COc1ccc(C2/C(=C(\O)c3ccncc3)C(=O)C(=O)N2c2nnc(SCc3ccc(C)cc3)s2)cc1OC. The van der Waals surface area contributed by atoms with E-state index in [2.05, 4.69) is 27.3 Å². The van der Waals surface area contributed by atoms with Gasteiger partial charge in [-0.05, 0) is 42.3 Å². The van der Waals surface area contributed by atoms with E-state index in [1.807, 2.05) is 19.1 Å². The summed E-state index contributed by atoms with van der Waals surface area (Å²) < 4.78 is 11.5. The number of hydrogen-bond donors (Lipinski definition) is 1. The van der Waals surface area contributed by atoms with Gasteiger partial charge in [0.1, 0.15) is 5.76 Å². The van der Waals surface area contributed by atoms with E-state index >= 15 is 0 Å². The maximum Gasteiger partial charge on any atom is 0.301 e. The summed E-state index contributed by atoms with van der Waals surface area (Å²) in [5.41, 5.74) is 3.14. The number of rotatable bonds is 8. The van der Waals surface area contributed by atoms with Gasteiger partial charge in [-0.25, -0.2) is 0 Å². The zero-order valence-electron chi connectivity index (χ0n) is 21.3. The molecule has 5 rings (SSSR count). The lowest BCUT2D eigenvalue weighted by Crippen LogP contribution is -2.29. The van der Waals surface area contributed by atoms with Gasteiger partial charge in [0.05, 0.1) is 25.8 Å². The van der Waals surface area contributed by atoms with E-state index in [1.54, 1.807) is 30.3 Å². The van der Waals surface area contributed by atoms with E-state index in [0.717, 1.165) is 5.56 Å². The highest BCUT2D eigenvalue weighted by Crippen LogP contribution is 2.45. The zero-order valence-corrected chi connectivity index (χ0v) is 23.0. The first kappa shape index (κ1) is 26.4. The standard InChI is InChI=1S/C28H24N4O5S2/c1-16-4-6-17(7-5-16)15-38-28-31-30-27(39-28)32-23(19-8-9-20(36-2)21(14-19)37-3)22(25(34)26(32)35)24(33)18-10-12-29-13-11-18/h4-14,23,33H,15H2,1-3H3/b24-22+. The number of carbonyl (C=O) groups excluding carboxylic acids is 2. The van der Waals surface area contributed by atoms with Crippen molar-refractivity contribution >= 4 is 45.7 Å².